The highest BCUT2D eigenvalue weighted by molar-refractivity contribution is 5.77. The number of carbonyl (C=O) groups is 1. The monoisotopic (exact) mass is 344 g/mol. The molecular weight excluding hydrogens is 320 g/mol. The lowest BCUT2D eigenvalue weighted by Gasteiger charge is -2.37. The lowest BCUT2D eigenvalue weighted by Crippen LogP contribution is -2.48. The van der Waals surface area contributed by atoms with Crippen LogP contribution >= 0.6 is 0 Å². The minimum Gasteiger partial charge on any atom is -0.496 e. The summed E-state index contributed by atoms with van der Waals surface area (Å²) in [7, 11) is 1.65. The second kappa shape index (κ2) is 8.11. The van der Waals surface area contributed by atoms with Gasteiger partial charge in [0.2, 0.25) is 11.8 Å². The molecule has 1 saturated heterocycles. The summed E-state index contributed by atoms with van der Waals surface area (Å²) >= 11 is 0. The van der Waals surface area contributed by atoms with E-state index in [0.29, 0.717) is 37.6 Å². The number of piperazine rings is 1. The van der Waals surface area contributed by atoms with Crippen LogP contribution < -0.4 is 10.1 Å². The van der Waals surface area contributed by atoms with Crippen LogP contribution in [-0.2, 0) is 17.6 Å². The first kappa shape index (κ1) is 17.4. The third-order valence-electron chi connectivity index (χ3n) is 4.44. The number of para-hydroxylation sites is 1. The molecule has 1 atom stereocenters. The minimum absolute atomic E-state index is 0.0358. The number of methoxy groups -OCH3 is 1. The molecule has 0 spiro atoms. The van der Waals surface area contributed by atoms with Crippen molar-refractivity contribution in [3.8, 4) is 5.75 Å². The Bertz CT molecular complexity index is 716. The van der Waals surface area contributed by atoms with E-state index in [9.17, 15) is 4.79 Å². The SMILES string of the molecule is CCc1noc(CCC(=O)N2CCNCC2c2ccccc2OC)n1. The van der Waals surface area contributed by atoms with E-state index in [4.69, 9.17) is 9.26 Å². The summed E-state index contributed by atoms with van der Waals surface area (Å²) in [5.41, 5.74) is 1.02. The average molecular weight is 344 g/mol. The van der Waals surface area contributed by atoms with Crippen molar-refractivity contribution in [2.75, 3.05) is 26.7 Å². The van der Waals surface area contributed by atoms with Crippen LogP contribution in [0.25, 0.3) is 0 Å². The smallest absolute Gasteiger partial charge is 0.227 e. The van der Waals surface area contributed by atoms with Crippen molar-refractivity contribution in [3.05, 3.63) is 41.5 Å². The molecule has 1 fully saturated rings. The summed E-state index contributed by atoms with van der Waals surface area (Å²) in [5, 5.41) is 7.24. The number of hydrogen-bond acceptors (Lipinski definition) is 6. The highest BCUT2D eigenvalue weighted by atomic mass is 16.5. The summed E-state index contributed by atoms with van der Waals surface area (Å²) in [4.78, 5) is 19.0. The summed E-state index contributed by atoms with van der Waals surface area (Å²) in [6, 6.07) is 7.82. The first-order valence-corrected chi connectivity index (χ1v) is 8.67. The van der Waals surface area contributed by atoms with E-state index in [1.807, 2.05) is 36.1 Å². The zero-order valence-corrected chi connectivity index (χ0v) is 14.7. The molecule has 1 aliphatic rings. The van der Waals surface area contributed by atoms with E-state index in [0.717, 1.165) is 24.3 Å². The van der Waals surface area contributed by atoms with Gasteiger partial charge in [-0.2, -0.15) is 4.98 Å². The van der Waals surface area contributed by atoms with E-state index in [2.05, 4.69) is 15.5 Å². The number of rotatable bonds is 6. The molecule has 0 radical (unpaired) electrons. The molecule has 1 unspecified atom stereocenters. The van der Waals surface area contributed by atoms with Gasteiger partial charge in [-0.05, 0) is 6.07 Å². The molecule has 7 nitrogen and oxygen atoms in total. The van der Waals surface area contributed by atoms with E-state index in [1.165, 1.54) is 0 Å². The number of benzene rings is 1. The van der Waals surface area contributed by atoms with Gasteiger partial charge in [-0.1, -0.05) is 30.3 Å². The van der Waals surface area contributed by atoms with Crippen LogP contribution in [0.15, 0.2) is 28.8 Å². The predicted octanol–water partition coefficient (Wildman–Crippen LogP) is 1.75. The molecule has 0 aliphatic carbocycles. The lowest BCUT2D eigenvalue weighted by molar-refractivity contribution is -0.134. The van der Waals surface area contributed by atoms with Crippen LogP contribution in [-0.4, -0.2) is 47.7 Å². The zero-order chi connectivity index (χ0) is 17.6. The van der Waals surface area contributed by atoms with Gasteiger partial charge in [-0.25, -0.2) is 0 Å². The van der Waals surface area contributed by atoms with Gasteiger partial charge in [0, 0.05) is 44.5 Å². The lowest BCUT2D eigenvalue weighted by atomic mass is 10.0. The normalized spacial score (nSPS) is 17.5. The molecule has 1 aromatic carbocycles. The molecule has 1 amide bonds. The number of carbonyl (C=O) groups excluding carboxylic acids is 1. The van der Waals surface area contributed by atoms with Crippen molar-refractivity contribution in [2.45, 2.75) is 32.2 Å². The quantitative estimate of drug-likeness (QED) is 0.860. The van der Waals surface area contributed by atoms with Gasteiger partial charge in [0.25, 0.3) is 0 Å². The highest BCUT2D eigenvalue weighted by Gasteiger charge is 2.29. The summed E-state index contributed by atoms with van der Waals surface area (Å²) in [6.45, 7) is 4.15. The Hall–Kier alpha value is -2.41. The fourth-order valence-corrected chi connectivity index (χ4v) is 3.12. The molecule has 0 saturated carbocycles. The van der Waals surface area contributed by atoms with E-state index in [-0.39, 0.29) is 11.9 Å². The number of ether oxygens (including phenoxy) is 1. The number of aromatic nitrogens is 2. The van der Waals surface area contributed by atoms with Crippen LogP contribution in [0.3, 0.4) is 0 Å². The van der Waals surface area contributed by atoms with Crippen LogP contribution in [0.4, 0.5) is 0 Å². The van der Waals surface area contributed by atoms with Crippen molar-refractivity contribution in [1.29, 1.82) is 0 Å². The Morgan fingerprint density at radius 1 is 1.44 bits per heavy atom. The second-order valence-corrected chi connectivity index (χ2v) is 6.01. The molecule has 25 heavy (non-hydrogen) atoms. The first-order chi connectivity index (χ1) is 12.2. The number of aryl methyl sites for hydroxylation is 2. The Labute approximate surface area is 147 Å². The van der Waals surface area contributed by atoms with E-state index < -0.39 is 0 Å². The third kappa shape index (κ3) is 3.99. The number of amides is 1. The Balaban J connectivity index is 1.70. The molecule has 2 aromatic rings. The number of hydrogen-bond donors (Lipinski definition) is 1. The highest BCUT2D eigenvalue weighted by Crippen LogP contribution is 2.30. The van der Waals surface area contributed by atoms with Gasteiger partial charge in [0.1, 0.15) is 5.75 Å². The van der Waals surface area contributed by atoms with Crippen molar-refractivity contribution >= 4 is 5.91 Å². The van der Waals surface area contributed by atoms with Crippen LogP contribution in [0.2, 0.25) is 0 Å². The van der Waals surface area contributed by atoms with Crippen LogP contribution in [0.5, 0.6) is 5.75 Å². The van der Waals surface area contributed by atoms with Gasteiger partial charge in [-0.3, -0.25) is 4.79 Å². The maximum atomic E-state index is 12.8. The summed E-state index contributed by atoms with van der Waals surface area (Å²) in [5.74, 6) is 2.10. The van der Waals surface area contributed by atoms with Gasteiger partial charge in [-0.15, -0.1) is 0 Å². The molecule has 2 heterocycles. The summed E-state index contributed by atoms with van der Waals surface area (Å²) in [6.07, 6.45) is 1.55. The van der Waals surface area contributed by atoms with Crippen LogP contribution in [0.1, 0.15) is 36.7 Å². The standard InChI is InChI=1S/C18H24N4O3/c1-3-16-20-17(25-21-16)8-9-18(23)22-11-10-19-12-14(22)13-6-4-5-7-15(13)24-2/h4-7,14,19H,3,8-12H2,1-2H3. The van der Waals surface area contributed by atoms with Crippen LogP contribution in [0, 0.1) is 0 Å². The fourth-order valence-electron chi connectivity index (χ4n) is 3.12. The molecular formula is C18H24N4O3. The summed E-state index contributed by atoms with van der Waals surface area (Å²) < 4.78 is 10.6. The molecule has 134 valence electrons. The van der Waals surface area contributed by atoms with Gasteiger partial charge in [0.15, 0.2) is 5.82 Å². The maximum Gasteiger partial charge on any atom is 0.227 e. The number of nitrogens with zero attached hydrogens (tertiary/aromatic N) is 3. The van der Waals surface area contributed by atoms with E-state index in [1.54, 1.807) is 7.11 Å². The molecule has 7 heteroatoms. The minimum atomic E-state index is -0.0358. The Morgan fingerprint density at radius 2 is 2.28 bits per heavy atom. The van der Waals surface area contributed by atoms with E-state index >= 15 is 0 Å². The zero-order valence-electron chi connectivity index (χ0n) is 14.7. The average Bonchev–Trinajstić information content (AvgIpc) is 3.14. The maximum absolute atomic E-state index is 12.8. The molecule has 1 N–H and O–H groups in total. The molecule has 0 bridgehead atoms. The largest absolute Gasteiger partial charge is 0.496 e. The second-order valence-electron chi connectivity index (χ2n) is 6.01. The van der Waals surface area contributed by atoms with Crippen molar-refractivity contribution < 1.29 is 14.1 Å². The predicted molar refractivity (Wildman–Crippen MR) is 92.3 cm³/mol. The Morgan fingerprint density at radius 3 is 3.04 bits per heavy atom. The van der Waals surface area contributed by atoms with Crippen molar-refractivity contribution in [3.63, 3.8) is 0 Å². The first-order valence-electron chi connectivity index (χ1n) is 8.67. The van der Waals surface area contributed by atoms with Gasteiger partial charge < -0.3 is 19.5 Å². The van der Waals surface area contributed by atoms with Crippen molar-refractivity contribution in [2.24, 2.45) is 0 Å². The molecule has 1 aromatic heterocycles. The molecule has 3 rings (SSSR count). The fraction of sp³-hybridized carbons (Fsp3) is 0.500. The molecule has 1 aliphatic heterocycles. The third-order valence-corrected chi connectivity index (χ3v) is 4.44. The Kier molecular flexibility index (Phi) is 5.65. The van der Waals surface area contributed by atoms with Gasteiger partial charge >= 0.3 is 0 Å². The number of nitrogens with one attached hydrogen (secondary N) is 1. The van der Waals surface area contributed by atoms with Crippen molar-refractivity contribution in [1.82, 2.24) is 20.4 Å². The van der Waals surface area contributed by atoms with Gasteiger partial charge in [0.05, 0.1) is 13.2 Å². The topological polar surface area (TPSA) is 80.5 Å².